The van der Waals surface area contributed by atoms with E-state index in [4.69, 9.17) is 15.9 Å². The Hall–Kier alpha value is -3.91. The van der Waals surface area contributed by atoms with Gasteiger partial charge in [0, 0.05) is 5.56 Å². The normalized spacial score (nSPS) is 12.8. The van der Waals surface area contributed by atoms with Gasteiger partial charge in [0.25, 0.3) is 0 Å². The molecule has 0 aromatic heterocycles. The van der Waals surface area contributed by atoms with Crippen LogP contribution in [0.15, 0.2) is 78.9 Å². The molecule has 0 spiro atoms. The molecule has 33 heavy (non-hydrogen) atoms. The molecule has 0 aliphatic heterocycles. The predicted octanol–water partition coefficient (Wildman–Crippen LogP) is 6.96. The number of carbonyl (C=O) groups is 1. The zero-order valence-corrected chi connectivity index (χ0v) is 18.4. The quantitative estimate of drug-likeness (QED) is 0.277. The third kappa shape index (κ3) is 6.54. The first-order chi connectivity index (χ1) is 15.9. The number of terminal acetylenes is 1. The molecule has 0 N–H and O–H groups in total. The Morgan fingerprint density at radius 1 is 1.00 bits per heavy atom. The van der Waals surface area contributed by atoms with Gasteiger partial charge in [0.05, 0.1) is 5.92 Å². The van der Waals surface area contributed by atoms with Crippen LogP contribution in [-0.2, 0) is 9.53 Å². The lowest BCUT2D eigenvalue weighted by Gasteiger charge is -2.20. The molecule has 0 saturated carbocycles. The van der Waals surface area contributed by atoms with Gasteiger partial charge in [0.15, 0.2) is 17.7 Å². The van der Waals surface area contributed by atoms with Gasteiger partial charge < -0.3 is 9.47 Å². The Morgan fingerprint density at radius 3 is 2.33 bits per heavy atom. The molecule has 3 nitrogen and oxygen atoms in total. The summed E-state index contributed by atoms with van der Waals surface area (Å²) >= 11 is 0. The highest BCUT2D eigenvalue weighted by molar-refractivity contribution is 5.76. The molecule has 2 unspecified atom stereocenters. The van der Waals surface area contributed by atoms with Crippen LogP contribution in [0.4, 0.5) is 8.78 Å². The van der Waals surface area contributed by atoms with E-state index in [0.717, 1.165) is 5.56 Å². The van der Waals surface area contributed by atoms with E-state index in [2.05, 4.69) is 5.92 Å². The number of benzene rings is 3. The van der Waals surface area contributed by atoms with Crippen LogP contribution in [-0.4, -0.2) is 5.97 Å². The van der Waals surface area contributed by atoms with Gasteiger partial charge in [-0.05, 0) is 47.9 Å². The summed E-state index contributed by atoms with van der Waals surface area (Å²) in [5.41, 5.74) is 1.17. The monoisotopic (exact) mass is 446 g/mol. The predicted molar refractivity (Wildman–Crippen MR) is 124 cm³/mol. The highest BCUT2D eigenvalue weighted by Gasteiger charge is 2.25. The van der Waals surface area contributed by atoms with E-state index in [-0.39, 0.29) is 17.5 Å². The van der Waals surface area contributed by atoms with E-state index in [1.807, 2.05) is 19.9 Å². The molecular formula is C28H24F2O3. The van der Waals surface area contributed by atoms with Crippen molar-refractivity contribution in [2.45, 2.75) is 20.0 Å². The molecular weight excluding hydrogens is 422 g/mol. The van der Waals surface area contributed by atoms with Crippen LogP contribution < -0.4 is 4.74 Å². The molecule has 0 bridgehead atoms. The molecule has 0 radical (unpaired) electrons. The van der Waals surface area contributed by atoms with Crippen LogP contribution >= 0.6 is 0 Å². The second-order valence-corrected chi connectivity index (χ2v) is 7.77. The molecule has 3 rings (SSSR count). The molecule has 0 amide bonds. The number of hydrogen-bond donors (Lipinski definition) is 0. The number of rotatable bonds is 8. The minimum atomic E-state index is -1.02. The summed E-state index contributed by atoms with van der Waals surface area (Å²) in [5, 5.41) is 0. The summed E-state index contributed by atoms with van der Waals surface area (Å²) in [4.78, 5) is 12.9. The Labute approximate surface area is 192 Å². The summed E-state index contributed by atoms with van der Waals surface area (Å²) in [6.45, 7) is 3.77. The van der Waals surface area contributed by atoms with E-state index in [0.29, 0.717) is 11.3 Å². The van der Waals surface area contributed by atoms with E-state index in [1.165, 1.54) is 30.3 Å². The fourth-order valence-electron chi connectivity index (χ4n) is 3.13. The van der Waals surface area contributed by atoms with Crippen molar-refractivity contribution in [3.8, 4) is 23.8 Å². The zero-order chi connectivity index (χ0) is 23.8. The lowest BCUT2D eigenvalue weighted by Crippen LogP contribution is -2.22. The summed E-state index contributed by atoms with van der Waals surface area (Å²) in [5.74, 6) is 0.832. The number of halogens is 2. The van der Waals surface area contributed by atoms with Gasteiger partial charge in [-0.1, -0.05) is 68.3 Å². The van der Waals surface area contributed by atoms with Crippen LogP contribution in [0.1, 0.15) is 31.1 Å². The fourth-order valence-corrected chi connectivity index (χ4v) is 3.13. The molecule has 0 heterocycles. The topological polar surface area (TPSA) is 35.5 Å². The third-order valence-electron chi connectivity index (χ3n) is 4.97. The second kappa shape index (κ2) is 11.1. The Balaban J connectivity index is 1.77. The van der Waals surface area contributed by atoms with Crippen LogP contribution in [0.3, 0.4) is 0 Å². The Kier molecular flexibility index (Phi) is 7.99. The van der Waals surface area contributed by atoms with Crippen molar-refractivity contribution >= 4 is 12.0 Å². The molecule has 5 heteroatoms. The first kappa shape index (κ1) is 23.7. The minimum Gasteiger partial charge on any atom is -0.454 e. The van der Waals surface area contributed by atoms with Crippen LogP contribution in [0.5, 0.6) is 11.5 Å². The number of para-hydroxylation sites is 1. The SMILES string of the molecule is C#CC(OC(=O)C(/C=C/c1ccc(F)cc1)C(C)C)c1ccc(F)c(Oc2ccccc2)c1. The maximum Gasteiger partial charge on any atom is 0.314 e. The summed E-state index contributed by atoms with van der Waals surface area (Å²) in [6, 6.07) is 18.8. The maximum atomic E-state index is 14.3. The summed E-state index contributed by atoms with van der Waals surface area (Å²) in [6.07, 6.45) is 8.06. The molecule has 168 valence electrons. The number of ether oxygens (including phenoxy) is 2. The molecule has 2 atom stereocenters. The van der Waals surface area contributed by atoms with Gasteiger partial charge in [-0.3, -0.25) is 4.79 Å². The average Bonchev–Trinajstić information content (AvgIpc) is 2.81. The highest BCUT2D eigenvalue weighted by atomic mass is 19.1. The van der Waals surface area contributed by atoms with Gasteiger partial charge in [-0.25, -0.2) is 8.78 Å². The van der Waals surface area contributed by atoms with Crippen molar-refractivity contribution in [2.75, 3.05) is 0 Å². The first-order valence-corrected chi connectivity index (χ1v) is 10.5. The van der Waals surface area contributed by atoms with Crippen molar-refractivity contribution in [1.82, 2.24) is 0 Å². The number of carbonyl (C=O) groups excluding carboxylic acids is 1. The molecule has 3 aromatic carbocycles. The van der Waals surface area contributed by atoms with E-state index < -0.39 is 23.8 Å². The first-order valence-electron chi connectivity index (χ1n) is 10.5. The van der Waals surface area contributed by atoms with Gasteiger partial charge in [0.1, 0.15) is 11.6 Å². The number of hydrogen-bond acceptors (Lipinski definition) is 3. The highest BCUT2D eigenvalue weighted by Crippen LogP contribution is 2.30. The van der Waals surface area contributed by atoms with E-state index in [1.54, 1.807) is 48.6 Å². The van der Waals surface area contributed by atoms with Gasteiger partial charge in [-0.2, -0.15) is 0 Å². The standard InChI is InChI=1S/C28H24F2O3/c1-4-26(21-13-17-25(30)27(18-21)32-23-8-6-5-7-9-23)33-28(31)24(19(2)3)16-12-20-10-14-22(29)15-11-20/h1,5-19,24,26H,2-3H3/b16-12+. The molecule has 0 fully saturated rings. The van der Waals surface area contributed by atoms with E-state index in [9.17, 15) is 13.6 Å². The van der Waals surface area contributed by atoms with Gasteiger partial charge in [0.2, 0.25) is 0 Å². The average molecular weight is 446 g/mol. The smallest absolute Gasteiger partial charge is 0.314 e. The molecule has 0 aliphatic rings. The van der Waals surface area contributed by atoms with E-state index >= 15 is 0 Å². The largest absolute Gasteiger partial charge is 0.454 e. The number of esters is 1. The van der Waals surface area contributed by atoms with Crippen molar-refractivity contribution < 1.29 is 23.0 Å². The maximum absolute atomic E-state index is 14.3. The van der Waals surface area contributed by atoms with Crippen molar-refractivity contribution in [3.63, 3.8) is 0 Å². The van der Waals surface area contributed by atoms with Crippen molar-refractivity contribution in [2.24, 2.45) is 11.8 Å². The minimum absolute atomic E-state index is 0.0217. The van der Waals surface area contributed by atoms with Crippen LogP contribution in [0.25, 0.3) is 6.08 Å². The lowest BCUT2D eigenvalue weighted by atomic mass is 9.94. The van der Waals surface area contributed by atoms with Gasteiger partial charge >= 0.3 is 5.97 Å². The summed E-state index contributed by atoms with van der Waals surface area (Å²) in [7, 11) is 0. The Bertz CT molecular complexity index is 1150. The fraction of sp³-hybridized carbons (Fsp3) is 0.179. The molecule has 3 aromatic rings. The lowest BCUT2D eigenvalue weighted by molar-refractivity contribution is -0.151. The zero-order valence-electron chi connectivity index (χ0n) is 18.4. The van der Waals surface area contributed by atoms with Gasteiger partial charge in [-0.15, -0.1) is 6.42 Å². The van der Waals surface area contributed by atoms with Crippen molar-refractivity contribution in [3.05, 3.63) is 102 Å². The second-order valence-electron chi connectivity index (χ2n) is 7.77. The molecule has 0 aliphatic carbocycles. The van der Waals surface area contributed by atoms with Crippen LogP contribution in [0.2, 0.25) is 0 Å². The summed E-state index contributed by atoms with van der Waals surface area (Å²) < 4.78 is 38.6. The van der Waals surface area contributed by atoms with Crippen LogP contribution in [0, 0.1) is 35.8 Å². The van der Waals surface area contributed by atoms with Crippen molar-refractivity contribution in [1.29, 1.82) is 0 Å². The molecule has 0 saturated heterocycles. The third-order valence-corrected chi connectivity index (χ3v) is 4.97. The Morgan fingerprint density at radius 2 is 1.70 bits per heavy atom.